The van der Waals surface area contributed by atoms with Crippen LogP contribution in [0.25, 0.3) is 0 Å². The predicted molar refractivity (Wildman–Crippen MR) is 59.7 cm³/mol. The highest BCUT2D eigenvalue weighted by Gasteiger charge is 2.21. The lowest BCUT2D eigenvalue weighted by atomic mass is 9.95. The summed E-state index contributed by atoms with van der Waals surface area (Å²) in [5.41, 5.74) is 1.46. The second kappa shape index (κ2) is 4.61. The lowest BCUT2D eigenvalue weighted by molar-refractivity contribution is 0.191. The van der Waals surface area contributed by atoms with Crippen LogP contribution in [0.4, 0.5) is 0 Å². The summed E-state index contributed by atoms with van der Waals surface area (Å²) in [4.78, 5) is 2.47. The van der Waals surface area contributed by atoms with Crippen molar-refractivity contribution in [3.63, 3.8) is 0 Å². The molecule has 0 saturated carbocycles. The van der Waals surface area contributed by atoms with Crippen LogP contribution in [0.1, 0.15) is 37.8 Å². The molecule has 0 aromatic heterocycles. The van der Waals surface area contributed by atoms with Crippen LogP contribution < -0.4 is 0 Å². The molecule has 0 bridgehead atoms. The number of hydrogen-bond acceptors (Lipinski definition) is 1. The number of piperidine rings is 1. The molecule has 1 atom stereocenters. The third-order valence-corrected chi connectivity index (χ3v) is 3.06. The molecule has 1 heterocycles. The highest BCUT2D eigenvalue weighted by molar-refractivity contribution is 5.19. The zero-order valence-electron chi connectivity index (χ0n) is 8.82. The van der Waals surface area contributed by atoms with Crippen LogP contribution in [0, 0.1) is 6.54 Å². The molecule has 1 saturated heterocycles. The van der Waals surface area contributed by atoms with Gasteiger partial charge in [-0.25, -0.2) is 0 Å². The molecule has 2 rings (SSSR count). The second-order valence-corrected chi connectivity index (χ2v) is 3.92. The van der Waals surface area contributed by atoms with Crippen LogP contribution in [0.15, 0.2) is 30.3 Å². The van der Waals surface area contributed by atoms with Gasteiger partial charge in [0.05, 0.1) is 0 Å². The van der Waals surface area contributed by atoms with E-state index in [1.54, 1.807) is 0 Å². The predicted octanol–water partition coefficient (Wildman–Crippen LogP) is 3.40. The molecule has 1 heteroatoms. The van der Waals surface area contributed by atoms with Crippen LogP contribution in [0.2, 0.25) is 0 Å². The molecule has 1 aliphatic rings. The second-order valence-electron chi connectivity index (χ2n) is 3.92. The third kappa shape index (κ3) is 1.98. The average Bonchev–Trinajstić information content (AvgIpc) is 2.30. The first-order valence-corrected chi connectivity index (χ1v) is 5.52. The van der Waals surface area contributed by atoms with Crippen LogP contribution in [0.3, 0.4) is 0 Å². The number of likely N-dealkylation sites (tertiary alicyclic amines) is 1. The zero-order chi connectivity index (χ0) is 9.80. The quantitative estimate of drug-likeness (QED) is 0.687. The van der Waals surface area contributed by atoms with Crippen LogP contribution in [0.5, 0.6) is 0 Å². The summed E-state index contributed by atoms with van der Waals surface area (Å²) < 4.78 is 0. The normalized spacial score (nSPS) is 23.6. The minimum absolute atomic E-state index is 0.620. The number of benzene rings is 1. The molecule has 1 unspecified atom stereocenters. The van der Waals surface area contributed by atoms with E-state index in [9.17, 15) is 0 Å². The van der Waals surface area contributed by atoms with E-state index in [-0.39, 0.29) is 0 Å². The van der Waals surface area contributed by atoms with Crippen molar-refractivity contribution in [1.82, 2.24) is 4.90 Å². The largest absolute Gasteiger partial charge is 0.292 e. The molecular weight excluding hydrogens is 170 g/mol. The molecule has 1 aromatic rings. The fourth-order valence-electron chi connectivity index (χ4n) is 2.30. The standard InChI is InChI=1S/C13H18N/c1-2-14-11-7-6-10-13(14)12-8-4-3-5-9-12/h2-5,8-9,13H,6-7,10-11H2,1H3. The Morgan fingerprint density at radius 2 is 2.00 bits per heavy atom. The molecule has 0 amide bonds. The van der Waals surface area contributed by atoms with E-state index in [1.165, 1.54) is 31.4 Å². The Kier molecular flexibility index (Phi) is 3.20. The van der Waals surface area contributed by atoms with Crippen LogP contribution in [-0.2, 0) is 0 Å². The number of rotatable bonds is 2. The molecule has 0 N–H and O–H groups in total. The fraction of sp³-hybridized carbons (Fsp3) is 0.462. The summed E-state index contributed by atoms with van der Waals surface area (Å²) in [5.74, 6) is 0. The van der Waals surface area contributed by atoms with Gasteiger partial charge in [-0.3, -0.25) is 4.90 Å². The first kappa shape index (κ1) is 9.72. The minimum atomic E-state index is 0.620. The Balaban J connectivity index is 2.15. The monoisotopic (exact) mass is 188 g/mol. The van der Waals surface area contributed by atoms with Gasteiger partial charge in [0.2, 0.25) is 0 Å². The van der Waals surface area contributed by atoms with Gasteiger partial charge >= 0.3 is 0 Å². The summed E-state index contributed by atoms with van der Waals surface area (Å²) >= 11 is 0. The van der Waals surface area contributed by atoms with Crippen molar-refractivity contribution in [2.45, 2.75) is 32.2 Å². The van der Waals surface area contributed by atoms with Crippen LogP contribution in [-0.4, -0.2) is 11.4 Å². The van der Waals surface area contributed by atoms with E-state index >= 15 is 0 Å². The van der Waals surface area contributed by atoms with Gasteiger partial charge < -0.3 is 0 Å². The third-order valence-electron chi connectivity index (χ3n) is 3.06. The Bertz CT molecular complexity index is 268. The summed E-state index contributed by atoms with van der Waals surface area (Å²) in [6.07, 6.45) is 4.01. The smallest absolute Gasteiger partial charge is 0.0351 e. The van der Waals surface area contributed by atoms with E-state index in [0.29, 0.717) is 6.04 Å². The Morgan fingerprint density at radius 1 is 1.21 bits per heavy atom. The molecule has 1 radical (unpaired) electrons. The lowest BCUT2D eigenvalue weighted by Gasteiger charge is -2.34. The maximum atomic E-state index is 2.47. The van der Waals surface area contributed by atoms with Gasteiger partial charge in [-0.2, -0.15) is 0 Å². The minimum Gasteiger partial charge on any atom is -0.292 e. The van der Waals surface area contributed by atoms with Crippen molar-refractivity contribution in [3.05, 3.63) is 42.4 Å². The zero-order valence-corrected chi connectivity index (χ0v) is 8.82. The van der Waals surface area contributed by atoms with E-state index < -0.39 is 0 Å². The molecule has 1 aliphatic heterocycles. The Morgan fingerprint density at radius 3 is 2.71 bits per heavy atom. The molecule has 1 aromatic carbocycles. The van der Waals surface area contributed by atoms with E-state index in [0.717, 1.165) is 0 Å². The summed E-state index contributed by atoms with van der Waals surface area (Å²) in [6, 6.07) is 11.5. The first-order valence-electron chi connectivity index (χ1n) is 5.52. The number of hydrogen-bond donors (Lipinski definition) is 0. The van der Waals surface area contributed by atoms with Gasteiger partial charge in [0.1, 0.15) is 0 Å². The molecule has 14 heavy (non-hydrogen) atoms. The molecule has 0 spiro atoms. The van der Waals surface area contributed by atoms with Gasteiger partial charge in [-0.05, 0) is 31.9 Å². The molecule has 75 valence electrons. The van der Waals surface area contributed by atoms with Crippen molar-refractivity contribution in [2.75, 3.05) is 6.54 Å². The van der Waals surface area contributed by atoms with Gasteiger partial charge in [0.15, 0.2) is 0 Å². The summed E-state index contributed by atoms with van der Waals surface area (Å²) in [6.45, 7) is 5.59. The van der Waals surface area contributed by atoms with Gasteiger partial charge in [-0.1, -0.05) is 36.8 Å². The Hall–Kier alpha value is -0.820. The van der Waals surface area contributed by atoms with Crippen molar-refractivity contribution in [3.8, 4) is 0 Å². The molecular formula is C13H18N. The van der Waals surface area contributed by atoms with Crippen molar-refractivity contribution < 1.29 is 0 Å². The summed E-state index contributed by atoms with van der Waals surface area (Å²) in [5, 5.41) is 0. The van der Waals surface area contributed by atoms with Crippen molar-refractivity contribution >= 4 is 0 Å². The maximum Gasteiger partial charge on any atom is 0.0351 e. The molecule has 1 nitrogen and oxygen atoms in total. The maximum absolute atomic E-state index is 2.47. The fourth-order valence-corrected chi connectivity index (χ4v) is 2.30. The van der Waals surface area contributed by atoms with Gasteiger partial charge in [0.25, 0.3) is 0 Å². The highest BCUT2D eigenvalue weighted by atomic mass is 15.2. The SMILES string of the molecule is C[CH]N1CCCCC1c1ccccc1. The molecule has 1 fully saturated rings. The molecule has 0 aliphatic carbocycles. The van der Waals surface area contributed by atoms with Crippen molar-refractivity contribution in [2.24, 2.45) is 0 Å². The Labute approximate surface area is 86.7 Å². The summed E-state index contributed by atoms with van der Waals surface area (Å²) in [7, 11) is 0. The van der Waals surface area contributed by atoms with Crippen molar-refractivity contribution in [1.29, 1.82) is 0 Å². The van der Waals surface area contributed by atoms with E-state index in [1.807, 2.05) is 0 Å². The van der Waals surface area contributed by atoms with Gasteiger partial charge in [-0.15, -0.1) is 0 Å². The van der Waals surface area contributed by atoms with E-state index in [2.05, 4.69) is 48.7 Å². The van der Waals surface area contributed by atoms with Gasteiger partial charge in [0, 0.05) is 12.6 Å². The topological polar surface area (TPSA) is 3.24 Å². The lowest BCUT2D eigenvalue weighted by Crippen LogP contribution is -2.30. The van der Waals surface area contributed by atoms with E-state index in [4.69, 9.17) is 0 Å². The highest BCUT2D eigenvalue weighted by Crippen LogP contribution is 2.31. The van der Waals surface area contributed by atoms with Crippen LogP contribution >= 0.6 is 0 Å². The number of nitrogens with zero attached hydrogens (tertiary/aromatic N) is 1. The average molecular weight is 188 g/mol. The first-order chi connectivity index (χ1) is 6.92.